The van der Waals surface area contributed by atoms with E-state index in [0.29, 0.717) is 12.5 Å². The molecule has 1 fully saturated rings. The third kappa shape index (κ3) is 1.44. The molecule has 1 amide bonds. The van der Waals surface area contributed by atoms with Crippen LogP contribution in [0.3, 0.4) is 0 Å². The molecule has 0 aromatic heterocycles. The molecular weight excluding hydrogens is 154 g/mol. The first-order valence-electron chi connectivity index (χ1n) is 4.08. The van der Waals surface area contributed by atoms with Gasteiger partial charge in [-0.1, -0.05) is 6.92 Å². The van der Waals surface area contributed by atoms with Crippen LogP contribution in [0.1, 0.15) is 13.3 Å². The average molecular weight is 167 g/mol. The Bertz CT molecular complexity index is 219. The van der Waals surface area contributed by atoms with E-state index < -0.39 is 0 Å². The van der Waals surface area contributed by atoms with Crippen LogP contribution in [0.25, 0.3) is 0 Å². The third-order valence-electron chi connectivity index (χ3n) is 2.45. The maximum Gasteiger partial charge on any atom is 0.298 e. The fourth-order valence-corrected chi connectivity index (χ4v) is 1.62. The fourth-order valence-electron chi connectivity index (χ4n) is 1.62. The second kappa shape index (κ2) is 3.59. The number of aliphatic hydroxyl groups excluding tert-OH is 1. The summed E-state index contributed by atoms with van der Waals surface area (Å²) in [5.41, 5.74) is 0. The van der Waals surface area contributed by atoms with Crippen LogP contribution in [-0.4, -0.2) is 35.1 Å². The molecule has 0 spiro atoms. The van der Waals surface area contributed by atoms with Crippen molar-refractivity contribution in [2.24, 2.45) is 5.92 Å². The zero-order valence-electron chi connectivity index (χ0n) is 7.16. The highest BCUT2D eigenvalue weighted by Crippen LogP contribution is 2.22. The van der Waals surface area contributed by atoms with Crippen LogP contribution in [0.4, 0.5) is 0 Å². The van der Waals surface area contributed by atoms with E-state index in [4.69, 9.17) is 11.5 Å². The van der Waals surface area contributed by atoms with Crippen molar-refractivity contribution >= 4 is 5.91 Å². The van der Waals surface area contributed by atoms with Gasteiger partial charge in [0.25, 0.3) is 5.91 Å². The number of nitrogens with zero attached hydrogens (tertiary/aromatic N) is 1. The van der Waals surface area contributed by atoms with Gasteiger partial charge in [-0.15, -0.1) is 6.42 Å². The lowest BCUT2D eigenvalue weighted by Gasteiger charge is -2.22. The van der Waals surface area contributed by atoms with Crippen LogP contribution in [0.5, 0.6) is 0 Å². The standard InChI is InChI=1S/C9H13NO2/c1-3-9(12)10-5-4-7(2)8(10)6-11/h1,7-8,11H,4-6H2,2H3. The molecule has 3 nitrogen and oxygen atoms in total. The summed E-state index contributed by atoms with van der Waals surface area (Å²) in [6.45, 7) is 2.70. The third-order valence-corrected chi connectivity index (χ3v) is 2.45. The molecule has 1 aliphatic heterocycles. The first-order valence-corrected chi connectivity index (χ1v) is 4.08. The number of rotatable bonds is 1. The summed E-state index contributed by atoms with van der Waals surface area (Å²) in [4.78, 5) is 12.7. The topological polar surface area (TPSA) is 40.5 Å². The van der Waals surface area contributed by atoms with Crippen molar-refractivity contribution in [3.05, 3.63) is 0 Å². The number of likely N-dealkylation sites (tertiary alicyclic amines) is 1. The second-order valence-electron chi connectivity index (χ2n) is 3.16. The molecule has 2 unspecified atom stereocenters. The Hall–Kier alpha value is -1.01. The van der Waals surface area contributed by atoms with Gasteiger partial charge in [0, 0.05) is 6.54 Å². The number of amides is 1. The lowest BCUT2D eigenvalue weighted by atomic mass is 10.0. The lowest BCUT2D eigenvalue weighted by molar-refractivity contribution is -0.126. The predicted octanol–water partition coefficient (Wildman–Crippen LogP) is -0.151. The van der Waals surface area contributed by atoms with Gasteiger partial charge in [-0.3, -0.25) is 4.79 Å². The van der Waals surface area contributed by atoms with Gasteiger partial charge < -0.3 is 10.0 Å². The molecule has 0 aromatic rings. The fraction of sp³-hybridized carbons (Fsp3) is 0.667. The Balaban J connectivity index is 2.68. The molecule has 1 rings (SSSR count). The average Bonchev–Trinajstić information content (AvgIpc) is 2.45. The Kier molecular flexibility index (Phi) is 2.72. The summed E-state index contributed by atoms with van der Waals surface area (Å²) in [6, 6.07) is -0.0754. The van der Waals surface area contributed by atoms with Crippen molar-refractivity contribution < 1.29 is 9.90 Å². The quantitative estimate of drug-likeness (QED) is 0.552. The molecule has 3 heteroatoms. The second-order valence-corrected chi connectivity index (χ2v) is 3.16. The minimum atomic E-state index is -0.307. The van der Waals surface area contributed by atoms with Gasteiger partial charge >= 0.3 is 0 Å². The van der Waals surface area contributed by atoms with E-state index in [-0.39, 0.29) is 18.6 Å². The van der Waals surface area contributed by atoms with Crippen LogP contribution in [0.2, 0.25) is 0 Å². The maximum atomic E-state index is 11.1. The summed E-state index contributed by atoms with van der Waals surface area (Å²) in [5.74, 6) is 2.11. The normalized spacial score (nSPS) is 28.6. The Morgan fingerprint density at radius 3 is 3.00 bits per heavy atom. The molecule has 0 aliphatic carbocycles. The molecule has 1 N–H and O–H groups in total. The summed E-state index contributed by atoms with van der Waals surface area (Å²) < 4.78 is 0. The summed E-state index contributed by atoms with van der Waals surface area (Å²) >= 11 is 0. The van der Waals surface area contributed by atoms with Crippen LogP contribution in [0.15, 0.2) is 0 Å². The number of carbonyl (C=O) groups excluding carboxylic acids is 1. The van der Waals surface area contributed by atoms with Crippen molar-refractivity contribution in [2.75, 3.05) is 13.2 Å². The Labute approximate surface area is 72.4 Å². The van der Waals surface area contributed by atoms with Gasteiger partial charge in [0.05, 0.1) is 12.6 Å². The van der Waals surface area contributed by atoms with Gasteiger partial charge in [-0.25, -0.2) is 0 Å². The molecule has 0 aromatic carbocycles. The van der Waals surface area contributed by atoms with Crippen molar-refractivity contribution in [3.8, 4) is 12.3 Å². The molecule has 1 saturated heterocycles. The van der Waals surface area contributed by atoms with E-state index in [1.54, 1.807) is 4.90 Å². The molecule has 0 radical (unpaired) electrons. The summed E-state index contributed by atoms with van der Waals surface area (Å²) in [7, 11) is 0. The molecule has 12 heavy (non-hydrogen) atoms. The van der Waals surface area contributed by atoms with Gasteiger partial charge in [0.1, 0.15) is 0 Å². The van der Waals surface area contributed by atoms with E-state index >= 15 is 0 Å². The van der Waals surface area contributed by atoms with E-state index in [0.717, 1.165) is 6.42 Å². The molecule has 0 saturated carbocycles. The predicted molar refractivity (Wildman–Crippen MR) is 45.2 cm³/mol. The zero-order chi connectivity index (χ0) is 9.14. The van der Waals surface area contributed by atoms with Crippen molar-refractivity contribution in [2.45, 2.75) is 19.4 Å². The van der Waals surface area contributed by atoms with Crippen LogP contribution >= 0.6 is 0 Å². The highest BCUT2D eigenvalue weighted by atomic mass is 16.3. The molecule has 1 heterocycles. The molecule has 1 aliphatic rings. The smallest absolute Gasteiger partial charge is 0.298 e. The minimum absolute atomic E-state index is 0.00852. The van der Waals surface area contributed by atoms with Gasteiger partial charge in [0.15, 0.2) is 0 Å². The molecule has 2 atom stereocenters. The minimum Gasteiger partial charge on any atom is -0.394 e. The zero-order valence-corrected chi connectivity index (χ0v) is 7.16. The van der Waals surface area contributed by atoms with E-state index in [2.05, 4.69) is 5.92 Å². The number of carbonyl (C=O) groups is 1. The summed E-state index contributed by atoms with van der Waals surface area (Å²) in [5, 5.41) is 8.99. The Morgan fingerprint density at radius 1 is 1.83 bits per heavy atom. The monoisotopic (exact) mass is 167 g/mol. The van der Waals surface area contributed by atoms with Crippen molar-refractivity contribution in [3.63, 3.8) is 0 Å². The van der Waals surface area contributed by atoms with Gasteiger partial charge in [-0.05, 0) is 18.3 Å². The highest BCUT2D eigenvalue weighted by molar-refractivity contribution is 5.93. The van der Waals surface area contributed by atoms with Crippen LogP contribution in [0, 0.1) is 18.3 Å². The summed E-state index contributed by atoms with van der Waals surface area (Å²) in [6.07, 6.45) is 5.92. The SMILES string of the molecule is C#CC(=O)N1CCC(C)C1CO. The van der Waals surface area contributed by atoms with E-state index in [1.807, 2.05) is 6.92 Å². The molecule has 0 bridgehead atoms. The molecule has 66 valence electrons. The largest absolute Gasteiger partial charge is 0.394 e. The van der Waals surface area contributed by atoms with E-state index in [9.17, 15) is 4.79 Å². The van der Waals surface area contributed by atoms with Gasteiger partial charge in [0.2, 0.25) is 0 Å². The van der Waals surface area contributed by atoms with E-state index in [1.165, 1.54) is 0 Å². The molecular formula is C9H13NO2. The first-order chi connectivity index (χ1) is 5.70. The number of hydrogen-bond donors (Lipinski definition) is 1. The highest BCUT2D eigenvalue weighted by Gasteiger charge is 2.32. The van der Waals surface area contributed by atoms with Crippen LogP contribution < -0.4 is 0 Å². The maximum absolute atomic E-state index is 11.1. The lowest BCUT2D eigenvalue weighted by Crippen LogP contribution is -2.39. The van der Waals surface area contributed by atoms with Crippen molar-refractivity contribution in [1.82, 2.24) is 4.90 Å². The van der Waals surface area contributed by atoms with Gasteiger partial charge in [-0.2, -0.15) is 0 Å². The van der Waals surface area contributed by atoms with Crippen LogP contribution in [-0.2, 0) is 4.79 Å². The number of hydrogen-bond acceptors (Lipinski definition) is 2. The number of aliphatic hydroxyl groups is 1. The first kappa shape index (κ1) is 9.08. The Morgan fingerprint density at radius 2 is 2.50 bits per heavy atom. The van der Waals surface area contributed by atoms with Crippen molar-refractivity contribution in [1.29, 1.82) is 0 Å². The number of terminal acetylenes is 1.